The fraction of sp³-hybridized carbons (Fsp3) is 0.500. The zero-order valence-electron chi connectivity index (χ0n) is 11.0. The number of nitrogens with zero attached hydrogens (tertiary/aromatic N) is 1. The fourth-order valence-corrected chi connectivity index (χ4v) is 2.01. The van der Waals surface area contributed by atoms with Gasteiger partial charge in [0.15, 0.2) is 0 Å². The Labute approximate surface area is 108 Å². The van der Waals surface area contributed by atoms with E-state index in [0.29, 0.717) is 6.61 Å². The summed E-state index contributed by atoms with van der Waals surface area (Å²) in [6.07, 6.45) is 2.66. The Morgan fingerprint density at radius 2 is 2.00 bits per heavy atom. The Bertz CT molecular complexity index is 395. The van der Waals surface area contributed by atoms with Gasteiger partial charge in [0.05, 0.1) is 0 Å². The van der Waals surface area contributed by atoms with Gasteiger partial charge >= 0.3 is 0 Å². The second-order valence-corrected chi connectivity index (χ2v) is 4.79. The van der Waals surface area contributed by atoms with Crippen LogP contribution in [0.3, 0.4) is 0 Å². The molecule has 2 rings (SSSR count). The van der Waals surface area contributed by atoms with Crippen molar-refractivity contribution in [3.8, 4) is 0 Å². The van der Waals surface area contributed by atoms with Gasteiger partial charge in [0.1, 0.15) is 6.10 Å². The third-order valence-electron chi connectivity index (χ3n) is 3.12. The normalized spacial score (nSPS) is 19.3. The summed E-state index contributed by atoms with van der Waals surface area (Å²) in [6, 6.07) is 7.79. The highest BCUT2D eigenvalue weighted by atomic mass is 16.5. The second-order valence-electron chi connectivity index (χ2n) is 4.79. The first-order valence-corrected chi connectivity index (χ1v) is 6.36. The van der Waals surface area contributed by atoms with Gasteiger partial charge in [-0.05, 0) is 43.5 Å². The molecule has 1 aromatic carbocycles. The fourth-order valence-electron chi connectivity index (χ4n) is 2.01. The summed E-state index contributed by atoms with van der Waals surface area (Å²) >= 11 is 0. The van der Waals surface area contributed by atoms with Gasteiger partial charge in [0.25, 0.3) is 5.91 Å². The maximum Gasteiger partial charge on any atom is 0.253 e. The Hall–Kier alpha value is -1.55. The first kappa shape index (κ1) is 12.9. The highest BCUT2D eigenvalue weighted by Gasteiger charge is 2.21. The van der Waals surface area contributed by atoms with Gasteiger partial charge in [-0.25, -0.2) is 0 Å². The molecule has 1 aliphatic rings. The summed E-state index contributed by atoms with van der Waals surface area (Å²) in [7, 11) is 3.98. The standard InChI is InChI=1S/C14H20N2O2/c1-16(2)12-8-6-11(7-9-12)15-14(17)13-5-3-4-10-18-13/h6-9,13H,3-5,10H2,1-2H3,(H,15,17). The van der Waals surface area contributed by atoms with Gasteiger partial charge in [-0.3, -0.25) is 4.79 Å². The van der Waals surface area contributed by atoms with E-state index in [0.717, 1.165) is 30.6 Å². The van der Waals surface area contributed by atoms with Gasteiger partial charge in [0.2, 0.25) is 0 Å². The van der Waals surface area contributed by atoms with Crippen LogP contribution in [-0.4, -0.2) is 32.7 Å². The summed E-state index contributed by atoms with van der Waals surface area (Å²) in [5.41, 5.74) is 1.93. The van der Waals surface area contributed by atoms with Crippen molar-refractivity contribution in [1.29, 1.82) is 0 Å². The largest absolute Gasteiger partial charge is 0.378 e. The van der Waals surface area contributed by atoms with Crippen LogP contribution in [-0.2, 0) is 9.53 Å². The van der Waals surface area contributed by atoms with Crippen molar-refractivity contribution in [1.82, 2.24) is 0 Å². The predicted molar refractivity (Wildman–Crippen MR) is 73.0 cm³/mol. The third-order valence-corrected chi connectivity index (χ3v) is 3.12. The van der Waals surface area contributed by atoms with Gasteiger partial charge in [-0.2, -0.15) is 0 Å². The number of hydrogen-bond acceptors (Lipinski definition) is 3. The zero-order chi connectivity index (χ0) is 13.0. The Morgan fingerprint density at radius 3 is 2.56 bits per heavy atom. The van der Waals surface area contributed by atoms with E-state index in [1.807, 2.05) is 43.3 Å². The van der Waals surface area contributed by atoms with Crippen molar-refractivity contribution in [2.45, 2.75) is 25.4 Å². The molecule has 1 unspecified atom stereocenters. The van der Waals surface area contributed by atoms with Crippen LogP contribution in [0.1, 0.15) is 19.3 Å². The van der Waals surface area contributed by atoms with Crippen molar-refractivity contribution in [3.63, 3.8) is 0 Å². The van der Waals surface area contributed by atoms with Gasteiger partial charge in [0, 0.05) is 32.1 Å². The molecule has 0 saturated carbocycles. The zero-order valence-corrected chi connectivity index (χ0v) is 11.0. The van der Waals surface area contributed by atoms with Crippen LogP contribution in [0.5, 0.6) is 0 Å². The second kappa shape index (κ2) is 5.87. The van der Waals surface area contributed by atoms with Crippen molar-refractivity contribution in [3.05, 3.63) is 24.3 Å². The molecule has 1 aromatic rings. The summed E-state index contributed by atoms with van der Waals surface area (Å²) in [6.45, 7) is 0.692. The summed E-state index contributed by atoms with van der Waals surface area (Å²) in [5, 5.41) is 2.90. The van der Waals surface area contributed by atoms with Crippen molar-refractivity contribution in [2.24, 2.45) is 0 Å². The molecule has 4 heteroatoms. The van der Waals surface area contributed by atoms with Crippen LogP contribution < -0.4 is 10.2 Å². The highest BCUT2D eigenvalue weighted by molar-refractivity contribution is 5.94. The molecule has 0 aromatic heterocycles. The lowest BCUT2D eigenvalue weighted by Gasteiger charge is -2.21. The maximum absolute atomic E-state index is 11.9. The first-order chi connectivity index (χ1) is 8.66. The molecule has 98 valence electrons. The predicted octanol–water partition coefficient (Wildman–Crippen LogP) is 2.26. The van der Waals surface area contributed by atoms with Crippen molar-refractivity contribution >= 4 is 17.3 Å². The van der Waals surface area contributed by atoms with E-state index in [4.69, 9.17) is 4.74 Å². The van der Waals surface area contributed by atoms with Gasteiger partial charge in [-0.15, -0.1) is 0 Å². The number of anilines is 2. The molecule has 1 atom stereocenters. The Balaban J connectivity index is 1.94. The van der Waals surface area contributed by atoms with E-state index in [-0.39, 0.29) is 12.0 Å². The molecule has 1 saturated heterocycles. The first-order valence-electron chi connectivity index (χ1n) is 6.36. The van der Waals surface area contributed by atoms with Crippen LogP contribution in [0.2, 0.25) is 0 Å². The molecule has 1 amide bonds. The summed E-state index contributed by atoms with van der Waals surface area (Å²) in [5.74, 6) is -0.0349. The average Bonchev–Trinajstić information content (AvgIpc) is 2.40. The molecule has 4 nitrogen and oxygen atoms in total. The number of nitrogens with one attached hydrogen (secondary N) is 1. The molecule has 1 N–H and O–H groups in total. The van der Waals surface area contributed by atoms with E-state index in [1.165, 1.54) is 0 Å². The van der Waals surface area contributed by atoms with Crippen LogP contribution in [0.25, 0.3) is 0 Å². The average molecular weight is 248 g/mol. The van der Waals surface area contributed by atoms with Crippen molar-refractivity contribution in [2.75, 3.05) is 30.9 Å². The monoisotopic (exact) mass is 248 g/mol. The topological polar surface area (TPSA) is 41.6 Å². The minimum Gasteiger partial charge on any atom is -0.378 e. The number of rotatable bonds is 3. The number of amides is 1. The molecule has 1 heterocycles. The van der Waals surface area contributed by atoms with E-state index in [9.17, 15) is 4.79 Å². The third kappa shape index (κ3) is 3.23. The van der Waals surface area contributed by atoms with Gasteiger partial charge in [-0.1, -0.05) is 0 Å². The highest BCUT2D eigenvalue weighted by Crippen LogP contribution is 2.18. The minimum atomic E-state index is -0.285. The molecule has 0 radical (unpaired) electrons. The SMILES string of the molecule is CN(C)c1ccc(NC(=O)C2CCCCO2)cc1. The Morgan fingerprint density at radius 1 is 1.28 bits per heavy atom. The van der Waals surface area contributed by atoms with Crippen molar-refractivity contribution < 1.29 is 9.53 Å². The molecular formula is C14H20N2O2. The van der Waals surface area contributed by atoms with Crippen LogP contribution in [0.4, 0.5) is 11.4 Å². The van der Waals surface area contributed by atoms with E-state index >= 15 is 0 Å². The Kier molecular flexibility index (Phi) is 4.20. The molecule has 0 bridgehead atoms. The summed E-state index contributed by atoms with van der Waals surface area (Å²) in [4.78, 5) is 14.0. The molecule has 0 aliphatic carbocycles. The molecule has 18 heavy (non-hydrogen) atoms. The lowest BCUT2D eigenvalue weighted by molar-refractivity contribution is -0.129. The van der Waals surface area contributed by atoms with Crippen LogP contribution >= 0.6 is 0 Å². The number of carbonyl (C=O) groups is 1. The number of hydrogen-bond donors (Lipinski definition) is 1. The lowest BCUT2D eigenvalue weighted by atomic mass is 10.1. The molecule has 0 spiro atoms. The van der Waals surface area contributed by atoms with Gasteiger partial charge < -0.3 is 15.0 Å². The number of benzene rings is 1. The van der Waals surface area contributed by atoms with E-state index < -0.39 is 0 Å². The summed E-state index contributed by atoms with van der Waals surface area (Å²) < 4.78 is 5.45. The van der Waals surface area contributed by atoms with Crippen LogP contribution in [0, 0.1) is 0 Å². The molecular weight excluding hydrogens is 228 g/mol. The van der Waals surface area contributed by atoms with E-state index in [1.54, 1.807) is 0 Å². The lowest BCUT2D eigenvalue weighted by Crippen LogP contribution is -2.33. The smallest absolute Gasteiger partial charge is 0.253 e. The van der Waals surface area contributed by atoms with E-state index in [2.05, 4.69) is 5.32 Å². The molecule has 1 aliphatic heterocycles. The number of ether oxygens (including phenoxy) is 1. The quantitative estimate of drug-likeness (QED) is 0.892. The maximum atomic E-state index is 11.9. The minimum absolute atomic E-state index is 0.0349. The van der Waals surface area contributed by atoms with Crippen LogP contribution in [0.15, 0.2) is 24.3 Å². The number of carbonyl (C=O) groups excluding carboxylic acids is 1. The molecule has 1 fully saturated rings.